The van der Waals surface area contributed by atoms with Gasteiger partial charge in [-0.05, 0) is 24.8 Å². The van der Waals surface area contributed by atoms with Crippen LogP contribution in [0.5, 0.6) is 0 Å². The zero-order valence-electron chi connectivity index (χ0n) is 13.9. The summed E-state index contributed by atoms with van der Waals surface area (Å²) in [4.78, 5) is 22.4. The van der Waals surface area contributed by atoms with Crippen LogP contribution < -0.4 is 15.5 Å². The summed E-state index contributed by atoms with van der Waals surface area (Å²) in [5.41, 5.74) is 2.24. The molecule has 1 heterocycles. The normalized spacial score (nSPS) is 26.8. The molecule has 0 unspecified atom stereocenters. The summed E-state index contributed by atoms with van der Waals surface area (Å²) in [5.74, 6) is 0.616. The molecule has 3 saturated carbocycles. The van der Waals surface area contributed by atoms with E-state index in [1.807, 2.05) is 25.1 Å². The van der Waals surface area contributed by atoms with Gasteiger partial charge in [0.05, 0.1) is 18.1 Å². The van der Waals surface area contributed by atoms with Gasteiger partial charge in [0.2, 0.25) is 5.95 Å². The molecule has 2 aromatic rings. The van der Waals surface area contributed by atoms with Crippen molar-refractivity contribution in [3.8, 4) is 0 Å². The minimum Gasteiger partial charge on any atom is -0.347 e. The van der Waals surface area contributed by atoms with E-state index in [1.54, 1.807) is 12.4 Å². The fourth-order valence-corrected chi connectivity index (χ4v) is 4.04. The molecular weight excluding hydrogens is 302 g/mol. The number of anilines is 2. The maximum Gasteiger partial charge on any atom is 0.319 e. The molecule has 6 heteroatoms. The zero-order chi connectivity index (χ0) is 16.8. The molecule has 1 aromatic carbocycles. The van der Waals surface area contributed by atoms with Gasteiger partial charge in [0.25, 0.3) is 0 Å². The first kappa shape index (κ1) is 14.9. The summed E-state index contributed by atoms with van der Waals surface area (Å²) in [5, 5.41) is 5.94. The Labute approximate surface area is 141 Å². The standard InChI is InChI=1S/C18H21N5O/c1-23(2)15-19-8-14(9-20-15)21-16(24)22-18-10-17(11-18,12-18)13-6-4-3-5-7-13/h3-9H,10-12H2,1-2H3,(H2,21,22,24). The maximum absolute atomic E-state index is 12.2. The van der Waals surface area contributed by atoms with Crippen LogP contribution in [0, 0.1) is 0 Å². The third-order valence-electron chi connectivity index (χ3n) is 5.09. The van der Waals surface area contributed by atoms with E-state index < -0.39 is 0 Å². The van der Waals surface area contributed by atoms with Gasteiger partial charge in [0.15, 0.2) is 0 Å². The molecule has 6 nitrogen and oxygen atoms in total. The van der Waals surface area contributed by atoms with Crippen LogP contribution in [0.2, 0.25) is 0 Å². The summed E-state index contributed by atoms with van der Waals surface area (Å²) in [6.07, 6.45) is 6.30. The average molecular weight is 323 g/mol. The molecule has 124 valence electrons. The second-order valence-electron chi connectivity index (χ2n) is 7.20. The lowest BCUT2D eigenvalue weighted by Gasteiger charge is -2.70. The van der Waals surface area contributed by atoms with E-state index in [4.69, 9.17) is 0 Å². The number of benzene rings is 1. The lowest BCUT2D eigenvalue weighted by molar-refractivity contribution is -0.0778. The van der Waals surface area contributed by atoms with Gasteiger partial charge in [-0.3, -0.25) is 0 Å². The number of rotatable bonds is 4. The number of hydrogen-bond acceptors (Lipinski definition) is 4. The Hall–Kier alpha value is -2.63. The topological polar surface area (TPSA) is 70.2 Å². The van der Waals surface area contributed by atoms with Gasteiger partial charge in [0, 0.05) is 25.0 Å². The van der Waals surface area contributed by atoms with Crippen molar-refractivity contribution in [3.63, 3.8) is 0 Å². The van der Waals surface area contributed by atoms with E-state index >= 15 is 0 Å². The van der Waals surface area contributed by atoms with Gasteiger partial charge in [-0.2, -0.15) is 0 Å². The highest BCUT2D eigenvalue weighted by Gasteiger charge is 2.68. The van der Waals surface area contributed by atoms with Gasteiger partial charge in [-0.25, -0.2) is 14.8 Å². The molecule has 0 aliphatic heterocycles. The number of nitrogens with one attached hydrogen (secondary N) is 2. The monoisotopic (exact) mass is 323 g/mol. The highest BCUT2D eigenvalue weighted by molar-refractivity contribution is 5.90. The van der Waals surface area contributed by atoms with Crippen LogP contribution in [0.25, 0.3) is 0 Å². The highest BCUT2D eigenvalue weighted by Crippen LogP contribution is 2.67. The van der Waals surface area contributed by atoms with Gasteiger partial charge in [0.1, 0.15) is 0 Å². The molecule has 3 aliphatic carbocycles. The van der Waals surface area contributed by atoms with Crippen LogP contribution >= 0.6 is 0 Å². The summed E-state index contributed by atoms with van der Waals surface area (Å²) in [6.45, 7) is 0. The third kappa shape index (κ3) is 2.38. The maximum atomic E-state index is 12.2. The molecule has 2 bridgehead atoms. The molecule has 3 fully saturated rings. The number of carbonyl (C=O) groups is 1. The van der Waals surface area contributed by atoms with E-state index in [9.17, 15) is 4.79 Å². The van der Waals surface area contributed by atoms with Crippen LogP contribution in [0.3, 0.4) is 0 Å². The van der Waals surface area contributed by atoms with Crippen molar-refractivity contribution in [3.05, 3.63) is 48.3 Å². The molecule has 24 heavy (non-hydrogen) atoms. The van der Waals surface area contributed by atoms with E-state index in [1.165, 1.54) is 5.56 Å². The predicted octanol–water partition coefficient (Wildman–Crippen LogP) is 2.54. The van der Waals surface area contributed by atoms with Crippen molar-refractivity contribution in [2.24, 2.45) is 0 Å². The van der Waals surface area contributed by atoms with Crippen LogP contribution in [-0.4, -0.2) is 35.6 Å². The SMILES string of the molecule is CN(C)c1ncc(NC(=O)NC23CC(c4ccccc4)(C2)C3)cn1. The third-order valence-corrected chi connectivity index (χ3v) is 5.09. The van der Waals surface area contributed by atoms with Gasteiger partial charge in [-0.15, -0.1) is 0 Å². The molecule has 5 rings (SSSR count). The molecule has 0 spiro atoms. The van der Waals surface area contributed by atoms with Crippen molar-refractivity contribution in [2.45, 2.75) is 30.2 Å². The Bertz CT molecular complexity index is 737. The Morgan fingerprint density at radius 3 is 2.29 bits per heavy atom. The highest BCUT2D eigenvalue weighted by atomic mass is 16.2. The summed E-state index contributed by atoms with van der Waals surface area (Å²) in [7, 11) is 3.75. The Morgan fingerprint density at radius 1 is 1.08 bits per heavy atom. The number of hydrogen-bond donors (Lipinski definition) is 2. The number of carbonyl (C=O) groups excluding carboxylic acids is 1. The molecule has 0 atom stereocenters. The minimum atomic E-state index is -0.183. The first-order valence-electron chi connectivity index (χ1n) is 8.15. The molecular formula is C18H21N5O. The first-order chi connectivity index (χ1) is 11.5. The second-order valence-corrected chi connectivity index (χ2v) is 7.20. The van der Waals surface area contributed by atoms with E-state index in [0.29, 0.717) is 11.6 Å². The van der Waals surface area contributed by atoms with Crippen LogP contribution in [-0.2, 0) is 5.41 Å². The number of nitrogens with zero attached hydrogens (tertiary/aromatic N) is 3. The molecule has 0 saturated heterocycles. The fraction of sp³-hybridized carbons (Fsp3) is 0.389. The molecule has 2 amide bonds. The zero-order valence-corrected chi connectivity index (χ0v) is 13.9. The Balaban J connectivity index is 1.32. The lowest BCUT2D eigenvalue weighted by Crippen LogP contribution is -2.77. The van der Waals surface area contributed by atoms with Gasteiger partial charge >= 0.3 is 6.03 Å². The average Bonchev–Trinajstić information content (AvgIpc) is 2.51. The summed E-state index contributed by atoms with van der Waals surface area (Å²) in [6, 6.07) is 10.4. The molecule has 3 aliphatic rings. The second kappa shape index (κ2) is 5.19. The Morgan fingerprint density at radius 2 is 1.71 bits per heavy atom. The number of amides is 2. The van der Waals surface area contributed by atoms with Crippen molar-refractivity contribution in [2.75, 3.05) is 24.3 Å². The largest absolute Gasteiger partial charge is 0.347 e. The van der Waals surface area contributed by atoms with Crippen LogP contribution in [0.4, 0.5) is 16.4 Å². The molecule has 0 radical (unpaired) electrons. The van der Waals surface area contributed by atoms with E-state index in [-0.39, 0.29) is 17.0 Å². The molecule has 2 N–H and O–H groups in total. The predicted molar refractivity (Wildman–Crippen MR) is 93.2 cm³/mol. The van der Waals surface area contributed by atoms with E-state index in [0.717, 1.165) is 19.3 Å². The van der Waals surface area contributed by atoms with Crippen molar-refractivity contribution >= 4 is 17.7 Å². The smallest absolute Gasteiger partial charge is 0.319 e. The van der Waals surface area contributed by atoms with Gasteiger partial charge in [-0.1, -0.05) is 30.3 Å². The quantitative estimate of drug-likeness (QED) is 0.907. The summed E-state index contributed by atoms with van der Waals surface area (Å²) < 4.78 is 0. The van der Waals surface area contributed by atoms with Crippen molar-refractivity contribution in [1.29, 1.82) is 0 Å². The number of aromatic nitrogens is 2. The van der Waals surface area contributed by atoms with Crippen LogP contribution in [0.15, 0.2) is 42.7 Å². The van der Waals surface area contributed by atoms with Crippen molar-refractivity contribution in [1.82, 2.24) is 15.3 Å². The van der Waals surface area contributed by atoms with Crippen molar-refractivity contribution < 1.29 is 4.79 Å². The first-order valence-corrected chi connectivity index (χ1v) is 8.15. The summed E-state index contributed by atoms with van der Waals surface area (Å²) >= 11 is 0. The van der Waals surface area contributed by atoms with E-state index in [2.05, 4.69) is 44.9 Å². The lowest BCUT2D eigenvalue weighted by atomic mass is 9.37. The fourth-order valence-electron chi connectivity index (χ4n) is 4.04. The molecule has 1 aromatic heterocycles. The number of urea groups is 1. The Kier molecular flexibility index (Phi) is 3.23. The van der Waals surface area contributed by atoms with Crippen LogP contribution in [0.1, 0.15) is 24.8 Å². The minimum absolute atomic E-state index is 0.0373. The van der Waals surface area contributed by atoms with Gasteiger partial charge < -0.3 is 15.5 Å².